The number of amides is 1. The Balaban J connectivity index is 2.09. The molecule has 0 saturated heterocycles. The van der Waals surface area contributed by atoms with Crippen molar-refractivity contribution >= 4 is 28.7 Å². The van der Waals surface area contributed by atoms with E-state index in [1.165, 1.54) is 0 Å². The van der Waals surface area contributed by atoms with Crippen LogP contribution < -0.4 is 5.32 Å². The summed E-state index contributed by atoms with van der Waals surface area (Å²) in [5.41, 5.74) is 2.71. The van der Waals surface area contributed by atoms with Gasteiger partial charge in [-0.1, -0.05) is 23.7 Å². The van der Waals surface area contributed by atoms with Crippen LogP contribution in [-0.2, 0) is 7.05 Å². The number of rotatable bonds is 3. The van der Waals surface area contributed by atoms with Gasteiger partial charge in [0.05, 0.1) is 10.6 Å². The molecule has 0 aliphatic rings. The average Bonchev–Trinajstić information content (AvgIpc) is 2.83. The number of fused-ring (bicyclic) bond motifs is 1. The lowest BCUT2D eigenvalue weighted by atomic mass is 10.2. The minimum absolute atomic E-state index is 0.0700. The first kappa shape index (κ1) is 15.5. The quantitative estimate of drug-likeness (QED) is 0.801. The maximum absolute atomic E-state index is 12.1. The molecule has 0 radical (unpaired) electrons. The van der Waals surface area contributed by atoms with Crippen molar-refractivity contribution in [2.24, 2.45) is 7.05 Å². The third-order valence-electron chi connectivity index (χ3n) is 3.51. The zero-order chi connectivity index (χ0) is 16.6. The molecular formula is C17H17ClN4O. The summed E-state index contributed by atoms with van der Waals surface area (Å²) in [6.07, 6.45) is 1.57. The Kier molecular flexibility index (Phi) is 4.05. The van der Waals surface area contributed by atoms with Crippen molar-refractivity contribution < 1.29 is 4.79 Å². The van der Waals surface area contributed by atoms with Crippen molar-refractivity contribution in [3.63, 3.8) is 0 Å². The van der Waals surface area contributed by atoms with Gasteiger partial charge in [-0.2, -0.15) is 0 Å². The molecule has 2 heterocycles. The van der Waals surface area contributed by atoms with Crippen LogP contribution >= 0.6 is 11.6 Å². The van der Waals surface area contributed by atoms with E-state index in [-0.39, 0.29) is 11.9 Å². The molecular weight excluding hydrogens is 312 g/mol. The van der Waals surface area contributed by atoms with Gasteiger partial charge in [0, 0.05) is 24.8 Å². The molecule has 0 spiro atoms. The first-order valence-corrected chi connectivity index (χ1v) is 7.73. The molecule has 1 amide bonds. The standard InChI is InChI=1S/C17H17ClN4O/c1-10(2)20-17(23)11-8-14-16(19-9-11)22(3)15(21-14)12-6-4-5-7-13(12)18/h4-10H,1-3H3,(H,20,23). The van der Waals surface area contributed by atoms with Crippen molar-refractivity contribution in [1.29, 1.82) is 0 Å². The highest BCUT2D eigenvalue weighted by Crippen LogP contribution is 2.28. The fourth-order valence-electron chi connectivity index (χ4n) is 2.43. The van der Waals surface area contributed by atoms with Gasteiger partial charge in [-0.3, -0.25) is 4.79 Å². The number of imidazole rings is 1. The highest BCUT2D eigenvalue weighted by Gasteiger charge is 2.15. The van der Waals surface area contributed by atoms with E-state index in [1.807, 2.05) is 49.7 Å². The Morgan fingerprint density at radius 1 is 1.30 bits per heavy atom. The number of pyridine rings is 1. The van der Waals surface area contributed by atoms with Crippen molar-refractivity contribution in [2.45, 2.75) is 19.9 Å². The number of aromatic nitrogens is 3. The lowest BCUT2D eigenvalue weighted by Crippen LogP contribution is -2.30. The Morgan fingerprint density at radius 2 is 2.04 bits per heavy atom. The van der Waals surface area contributed by atoms with E-state index in [9.17, 15) is 4.79 Å². The lowest BCUT2D eigenvalue weighted by molar-refractivity contribution is 0.0943. The number of carbonyl (C=O) groups is 1. The van der Waals surface area contributed by atoms with Crippen LogP contribution in [0.3, 0.4) is 0 Å². The topological polar surface area (TPSA) is 59.8 Å². The summed E-state index contributed by atoms with van der Waals surface area (Å²) >= 11 is 6.26. The van der Waals surface area contributed by atoms with Gasteiger partial charge in [-0.05, 0) is 32.0 Å². The van der Waals surface area contributed by atoms with Gasteiger partial charge in [0.1, 0.15) is 11.3 Å². The number of benzene rings is 1. The van der Waals surface area contributed by atoms with Gasteiger partial charge >= 0.3 is 0 Å². The fraction of sp³-hybridized carbons (Fsp3) is 0.235. The molecule has 23 heavy (non-hydrogen) atoms. The summed E-state index contributed by atoms with van der Waals surface area (Å²) in [5.74, 6) is 0.568. The Hall–Kier alpha value is -2.40. The second-order valence-corrected chi connectivity index (χ2v) is 6.08. The number of halogens is 1. The minimum Gasteiger partial charge on any atom is -0.350 e. The van der Waals surface area contributed by atoms with E-state index in [0.717, 1.165) is 11.4 Å². The highest BCUT2D eigenvalue weighted by atomic mass is 35.5. The third-order valence-corrected chi connectivity index (χ3v) is 3.84. The van der Waals surface area contributed by atoms with Crippen LogP contribution in [-0.4, -0.2) is 26.5 Å². The van der Waals surface area contributed by atoms with Gasteiger partial charge in [0.15, 0.2) is 5.65 Å². The second kappa shape index (κ2) is 6.01. The van der Waals surface area contributed by atoms with Crippen molar-refractivity contribution in [1.82, 2.24) is 19.9 Å². The molecule has 3 aromatic rings. The molecule has 0 atom stereocenters. The normalized spacial score (nSPS) is 11.2. The van der Waals surface area contributed by atoms with E-state index in [4.69, 9.17) is 11.6 Å². The first-order chi connectivity index (χ1) is 11.0. The van der Waals surface area contributed by atoms with E-state index in [1.54, 1.807) is 12.3 Å². The van der Waals surface area contributed by atoms with Crippen LogP contribution in [0.25, 0.3) is 22.6 Å². The molecule has 2 aromatic heterocycles. The average molecular weight is 329 g/mol. The van der Waals surface area contributed by atoms with Crippen LogP contribution in [0.15, 0.2) is 36.5 Å². The van der Waals surface area contributed by atoms with E-state index in [0.29, 0.717) is 21.7 Å². The van der Waals surface area contributed by atoms with Gasteiger partial charge in [0.25, 0.3) is 5.91 Å². The number of hydrogen-bond acceptors (Lipinski definition) is 3. The Bertz CT molecular complexity index is 885. The predicted octanol–water partition coefficient (Wildman–Crippen LogP) is 3.43. The third kappa shape index (κ3) is 2.92. The maximum atomic E-state index is 12.1. The summed E-state index contributed by atoms with van der Waals surface area (Å²) < 4.78 is 1.88. The molecule has 1 N–H and O–H groups in total. The Labute approximate surface area is 139 Å². The molecule has 5 nitrogen and oxygen atoms in total. The van der Waals surface area contributed by atoms with Crippen LogP contribution in [0.2, 0.25) is 5.02 Å². The molecule has 0 fully saturated rings. The second-order valence-electron chi connectivity index (χ2n) is 5.67. The number of carbonyl (C=O) groups excluding carboxylic acids is 1. The van der Waals surface area contributed by atoms with E-state index >= 15 is 0 Å². The number of nitrogens with zero attached hydrogens (tertiary/aromatic N) is 3. The van der Waals surface area contributed by atoms with Crippen LogP contribution in [0, 0.1) is 0 Å². The maximum Gasteiger partial charge on any atom is 0.253 e. The molecule has 6 heteroatoms. The monoisotopic (exact) mass is 328 g/mol. The van der Waals surface area contributed by atoms with E-state index < -0.39 is 0 Å². The van der Waals surface area contributed by atoms with Gasteiger partial charge < -0.3 is 9.88 Å². The zero-order valence-electron chi connectivity index (χ0n) is 13.2. The molecule has 0 saturated carbocycles. The summed E-state index contributed by atoms with van der Waals surface area (Å²) in [6.45, 7) is 3.83. The number of aryl methyl sites for hydroxylation is 1. The van der Waals surface area contributed by atoms with Gasteiger partial charge in [-0.15, -0.1) is 0 Å². The minimum atomic E-state index is -0.153. The number of nitrogens with one attached hydrogen (secondary N) is 1. The van der Waals surface area contributed by atoms with Crippen LogP contribution in [0.5, 0.6) is 0 Å². The summed E-state index contributed by atoms with van der Waals surface area (Å²) in [6, 6.07) is 9.35. The Morgan fingerprint density at radius 3 is 2.74 bits per heavy atom. The summed E-state index contributed by atoms with van der Waals surface area (Å²) in [7, 11) is 1.88. The van der Waals surface area contributed by atoms with E-state index in [2.05, 4.69) is 15.3 Å². The number of hydrogen-bond donors (Lipinski definition) is 1. The predicted molar refractivity (Wildman–Crippen MR) is 91.6 cm³/mol. The largest absolute Gasteiger partial charge is 0.350 e. The molecule has 3 rings (SSSR count). The first-order valence-electron chi connectivity index (χ1n) is 7.35. The van der Waals surface area contributed by atoms with Gasteiger partial charge in [-0.25, -0.2) is 9.97 Å². The molecule has 118 valence electrons. The summed E-state index contributed by atoms with van der Waals surface area (Å²) in [5, 5.41) is 3.48. The fourth-order valence-corrected chi connectivity index (χ4v) is 2.65. The molecule has 0 unspecified atom stereocenters. The smallest absolute Gasteiger partial charge is 0.253 e. The SMILES string of the molecule is CC(C)NC(=O)c1cnc2c(c1)nc(-c1ccccc1Cl)n2C. The molecule has 0 aliphatic heterocycles. The zero-order valence-corrected chi connectivity index (χ0v) is 13.9. The lowest BCUT2D eigenvalue weighted by Gasteiger charge is -2.07. The summed E-state index contributed by atoms with van der Waals surface area (Å²) in [4.78, 5) is 21.1. The van der Waals surface area contributed by atoms with Crippen LogP contribution in [0.4, 0.5) is 0 Å². The molecule has 0 bridgehead atoms. The van der Waals surface area contributed by atoms with Crippen molar-refractivity contribution in [3.05, 3.63) is 47.1 Å². The van der Waals surface area contributed by atoms with Crippen molar-refractivity contribution in [3.8, 4) is 11.4 Å². The molecule has 1 aromatic carbocycles. The molecule has 0 aliphatic carbocycles. The highest BCUT2D eigenvalue weighted by molar-refractivity contribution is 6.33. The van der Waals surface area contributed by atoms with Crippen molar-refractivity contribution in [2.75, 3.05) is 0 Å². The van der Waals surface area contributed by atoms with Crippen LogP contribution in [0.1, 0.15) is 24.2 Å². The van der Waals surface area contributed by atoms with Gasteiger partial charge in [0.2, 0.25) is 0 Å².